The molecule has 0 spiro atoms. The first-order valence-electron chi connectivity index (χ1n) is 8.72. The second-order valence-corrected chi connectivity index (χ2v) is 6.48. The van der Waals surface area contributed by atoms with Crippen molar-refractivity contribution < 1.29 is 24.3 Å². The Bertz CT molecular complexity index is 719. The van der Waals surface area contributed by atoms with Crippen molar-refractivity contribution in [2.45, 2.75) is 32.2 Å². The zero-order chi connectivity index (χ0) is 20.0. The molecule has 0 aliphatic carbocycles. The van der Waals surface area contributed by atoms with Crippen molar-refractivity contribution in [1.82, 2.24) is 9.80 Å². The van der Waals surface area contributed by atoms with Crippen LogP contribution in [0.2, 0.25) is 0 Å². The number of benzene rings is 1. The fraction of sp³-hybridized carbons (Fsp3) is 0.444. The summed E-state index contributed by atoms with van der Waals surface area (Å²) in [6.45, 7) is 2.00. The number of nitrogens with zero attached hydrogens (tertiary/aromatic N) is 2. The van der Waals surface area contributed by atoms with Gasteiger partial charge in [-0.15, -0.1) is 0 Å². The quantitative estimate of drug-likeness (QED) is 0.708. The van der Waals surface area contributed by atoms with E-state index < -0.39 is 12.0 Å². The Hall–Kier alpha value is -3.10. The zero-order valence-electron chi connectivity index (χ0n) is 15.2. The first-order chi connectivity index (χ1) is 12.8. The number of hydrogen-bond donors (Lipinski definition) is 3. The molecule has 1 aliphatic rings. The summed E-state index contributed by atoms with van der Waals surface area (Å²) < 4.78 is 0. The molecule has 0 radical (unpaired) electrons. The van der Waals surface area contributed by atoms with Gasteiger partial charge in [-0.25, -0.2) is 4.79 Å². The number of amides is 4. The smallest absolute Gasteiger partial charge is 0.323 e. The van der Waals surface area contributed by atoms with Crippen LogP contribution in [0, 0.1) is 0 Å². The second-order valence-electron chi connectivity index (χ2n) is 6.48. The van der Waals surface area contributed by atoms with Crippen molar-refractivity contribution in [3.05, 3.63) is 29.8 Å². The molecule has 27 heavy (non-hydrogen) atoms. The summed E-state index contributed by atoms with van der Waals surface area (Å²) in [4.78, 5) is 49.4. The number of urea groups is 1. The number of nitrogens with two attached hydrogens (primary N) is 1. The molecule has 2 rings (SSSR count). The number of aliphatic carboxylic acids is 1. The average Bonchev–Trinajstić information content (AvgIpc) is 2.85. The largest absolute Gasteiger partial charge is 0.480 e. The normalized spacial score (nSPS) is 16.9. The summed E-state index contributed by atoms with van der Waals surface area (Å²) in [5.41, 5.74) is 6.04. The number of nitrogens with one attached hydrogen (secondary N) is 1. The first kappa shape index (κ1) is 20.2. The van der Waals surface area contributed by atoms with E-state index in [9.17, 15) is 19.2 Å². The Balaban J connectivity index is 2.02. The summed E-state index contributed by atoms with van der Waals surface area (Å²) in [7, 11) is 0. The Morgan fingerprint density at radius 1 is 1.19 bits per heavy atom. The van der Waals surface area contributed by atoms with E-state index in [1.165, 1.54) is 11.8 Å². The van der Waals surface area contributed by atoms with Crippen LogP contribution in [0.1, 0.15) is 36.5 Å². The molecular weight excluding hydrogens is 352 g/mol. The lowest BCUT2D eigenvalue weighted by Gasteiger charge is -2.28. The number of likely N-dealkylation sites (tertiary alicyclic amines) is 1. The highest BCUT2D eigenvalue weighted by Gasteiger charge is 2.27. The summed E-state index contributed by atoms with van der Waals surface area (Å²) in [5.74, 6) is -1.47. The highest BCUT2D eigenvalue weighted by atomic mass is 16.4. The molecule has 9 heteroatoms. The van der Waals surface area contributed by atoms with Gasteiger partial charge in [-0.1, -0.05) is 0 Å². The number of anilines is 1. The Labute approximate surface area is 157 Å². The van der Waals surface area contributed by atoms with Crippen molar-refractivity contribution in [2.75, 3.05) is 25.0 Å². The molecule has 1 aromatic carbocycles. The molecule has 0 aromatic heterocycles. The summed E-state index contributed by atoms with van der Waals surface area (Å²) in [6.07, 6.45) is 1.86. The van der Waals surface area contributed by atoms with Crippen LogP contribution in [0.5, 0.6) is 0 Å². The molecule has 1 aliphatic heterocycles. The van der Waals surface area contributed by atoms with Gasteiger partial charge in [0.05, 0.1) is 0 Å². The maximum atomic E-state index is 12.7. The fourth-order valence-corrected chi connectivity index (χ4v) is 3.26. The van der Waals surface area contributed by atoms with Gasteiger partial charge in [-0.05, 0) is 43.5 Å². The van der Waals surface area contributed by atoms with E-state index in [1.807, 2.05) is 0 Å². The first-order valence-corrected chi connectivity index (χ1v) is 8.72. The summed E-state index contributed by atoms with van der Waals surface area (Å²) in [5, 5.41) is 11.4. The van der Waals surface area contributed by atoms with E-state index in [4.69, 9.17) is 10.8 Å². The third-order valence-electron chi connectivity index (χ3n) is 4.54. The number of carboxylic acids is 1. The predicted octanol–water partition coefficient (Wildman–Crippen LogP) is 1.11. The molecule has 9 nitrogen and oxygen atoms in total. The van der Waals surface area contributed by atoms with Crippen LogP contribution in [0.3, 0.4) is 0 Å². The van der Waals surface area contributed by atoms with Gasteiger partial charge in [0.1, 0.15) is 6.54 Å². The highest BCUT2D eigenvalue weighted by Crippen LogP contribution is 2.19. The molecule has 1 fully saturated rings. The number of hydrogen-bond acceptors (Lipinski definition) is 4. The van der Waals surface area contributed by atoms with Gasteiger partial charge in [-0.2, -0.15) is 0 Å². The molecule has 4 N–H and O–H groups in total. The number of carbonyl (C=O) groups is 4. The van der Waals surface area contributed by atoms with E-state index in [1.54, 1.807) is 29.2 Å². The minimum Gasteiger partial charge on any atom is -0.480 e. The lowest BCUT2D eigenvalue weighted by molar-refractivity contribution is -0.145. The van der Waals surface area contributed by atoms with E-state index >= 15 is 0 Å². The van der Waals surface area contributed by atoms with Crippen molar-refractivity contribution in [3.8, 4) is 0 Å². The summed E-state index contributed by atoms with van der Waals surface area (Å²) >= 11 is 0. The zero-order valence-corrected chi connectivity index (χ0v) is 15.2. The van der Waals surface area contributed by atoms with Gasteiger partial charge >= 0.3 is 12.0 Å². The summed E-state index contributed by atoms with van der Waals surface area (Å²) in [6, 6.07) is 5.55. The van der Waals surface area contributed by atoms with Gasteiger partial charge in [0.15, 0.2) is 0 Å². The van der Waals surface area contributed by atoms with Crippen molar-refractivity contribution in [1.29, 1.82) is 0 Å². The van der Waals surface area contributed by atoms with Gasteiger partial charge in [0.2, 0.25) is 5.91 Å². The molecule has 1 saturated heterocycles. The van der Waals surface area contributed by atoms with Gasteiger partial charge in [0.25, 0.3) is 5.91 Å². The number of carbonyl (C=O) groups excluding carboxylic acids is 3. The lowest BCUT2D eigenvalue weighted by Crippen LogP contribution is -2.43. The van der Waals surface area contributed by atoms with Crippen LogP contribution in [0.15, 0.2) is 24.3 Å². The topological polar surface area (TPSA) is 133 Å². The highest BCUT2D eigenvalue weighted by molar-refractivity contribution is 5.95. The Morgan fingerprint density at radius 2 is 1.85 bits per heavy atom. The van der Waals surface area contributed by atoms with Crippen LogP contribution >= 0.6 is 0 Å². The lowest BCUT2D eigenvalue weighted by atomic mass is 10.1. The molecule has 4 amide bonds. The molecule has 1 atom stereocenters. The third-order valence-corrected chi connectivity index (χ3v) is 4.54. The minimum atomic E-state index is -1.05. The average molecular weight is 376 g/mol. The van der Waals surface area contributed by atoms with Crippen LogP contribution in [-0.2, 0) is 9.59 Å². The van der Waals surface area contributed by atoms with Crippen LogP contribution < -0.4 is 11.1 Å². The monoisotopic (exact) mass is 376 g/mol. The van der Waals surface area contributed by atoms with E-state index in [0.717, 1.165) is 0 Å². The van der Waals surface area contributed by atoms with E-state index in [2.05, 4.69) is 5.32 Å². The fourth-order valence-electron chi connectivity index (χ4n) is 3.26. The van der Waals surface area contributed by atoms with Crippen molar-refractivity contribution >= 4 is 29.5 Å². The molecule has 0 bridgehead atoms. The molecule has 146 valence electrons. The van der Waals surface area contributed by atoms with Crippen molar-refractivity contribution in [3.63, 3.8) is 0 Å². The Morgan fingerprint density at radius 3 is 2.41 bits per heavy atom. The maximum absolute atomic E-state index is 12.7. The van der Waals surface area contributed by atoms with Gasteiger partial charge in [0, 0.05) is 37.3 Å². The maximum Gasteiger partial charge on any atom is 0.323 e. The van der Waals surface area contributed by atoms with Crippen molar-refractivity contribution in [2.24, 2.45) is 5.73 Å². The molecule has 0 saturated carbocycles. The van der Waals surface area contributed by atoms with Crippen LogP contribution in [0.4, 0.5) is 10.5 Å². The number of rotatable bonds is 5. The predicted molar refractivity (Wildman–Crippen MR) is 98.2 cm³/mol. The molecule has 1 unspecified atom stereocenters. The molecule has 1 heterocycles. The third kappa shape index (κ3) is 5.70. The Kier molecular flexibility index (Phi) is 6.75. The van der Waals surface area contributed by atoms with Gasteiger partial charge in [-0.3, -0.25) is 14.4 Å². The SMILES string of the molecule is CC(=O)N(CC(=O)O)C1CCCN(C(=O)c2ccc(NC(N)=O)cc2)CC1. The number of carboxylic acid groups (broad SMARTS) is 1. The van der Waals surface area contributed by atoms with E-state index in [0.29, 0.717) is 43.6 Å². The van der Waals surface area contributed by atoms with E-state index in [-0.39, 0.29) is 24.4 Å². The van der Waals surface area contributed by atoms with Gasteiger partial charge < -0.3 is 26.0 Å². The molecular formula is C18H24N4O5. The van der Waals surface area contributed by atoms with Crippen LogP contribution in [0.25, 0.3) is 0 Å². The minimum absolute atomic E-state index is 0.145. The number of primary amides is 1. The second kappa shape index (κ2) is 9.02. The van der Waals surface area contributed by atoms with Crippen LogP contribution in [-0.4, -0.2) is 64.4 Å². The molecule has 1 aromatic rings. The standard InChI is InChI=1S/C18H24N4O5/c1-12(23)22(11-16(24)25)15-3-2-9-21(10-8-15)17(26)13-4-6-14(7-5-13)20-18(19)27/h4-7,15H,2-3,8-11H2,1H3,(H,24,25)(H3,19,20,27).